The highest BCUT2D eigenvalue weighted by atomic mass is 16.5. The summed E-state index contributed by atoms with van der Waals surface area (Å²) < 4.78 is 12.3. The molecule has 3 heterocycles. The smallest absolute Gasteiger partial charge is 0.0733 e. The van der Waals surface area contributed by atoms with E-state index in [2.05, 4.69) is 5.32 Å². The lowest BCUT2D eigenvalue weighted by atomic mass is 9.83. The van der Waals surface area contributed by atoms with Crippen molar-refractivity contribution in [3.05, 3.63) is 0 Å². The van der Waals surface area contributed by atoms with Crippen molar-refractivity contribution in [3.8, 4) is 0 Å². The molecule has 4 atom stereocenters. The Labute approximate surface area is 116 Å². The van der Waals surface area contributed by atoms with Crippen LogP contribution in [0.4, 0.5) is 0 Å². The van der Waals surface area contributed by atoms with Crippen molar-refractivity contribution in [2.75, 3.05) is 6.54 Å². The van der Waals surface area contributed by atoms with Crippen LogP contribution in [0, 0.1) is 0 Å². The van der Waals surface area contributed by atoms with Gasteiger partial charge in [-0.25, -0.2) is 0 Å². The fraction of sp³-hybridized carbons (Fsp3) is 1.00. The van der Waals surface area contributed by atoms with Gasteiger partial charge in [0.2, 0.25) is 0 Å². The Morgan fingerprint density at radius 2 is 1.89 bits per heavy atom. The lowest BCUT2D eigenvalue weighted by Gasteiger charge is -2.33. The van der Waals surface area contributed by atoms with E-state index in [1.54, 1.807) is 0 Å². The van der Waals surface area contributed by atoms with E-state index in [-0.39, 0.29) is 5.60 Å². The van der Waals surface area contributed by atoms with Crippen molar-refractivity contribution < 1.29 is 9.47 Å². The van der Waals surface area contributed by atoms with E-state index in [9.17, 15) is 0 Å². The first kappa shape index (κ1) is 12.6. The third-order valence-corrected chi connectivity index (χ3v) is 5.82. The van der Waals surface area contributed by atoms with Gasteiger partial charge in [-0.1, -0.05) is 19.3 Å². The van der Waals surface area contributed by atoms with Crippen LogP contribution in [0.1, 0.15) is 64.2 Å². The van der Waals surface area contributed by atoms with Crippen molar-refractivity contribution in [2.45, 2.75) is 94.2 Å². The minimum atomic E-state index is 0.274. The maximum atomic E-state index is 6.43. The van der Waals surface area contributed by atoms with Gasteiger partial charge in [0.15, 0.2) is 0 Å². The number of fused-ring (bicyclic) bond motifs is 2. The van der Waals surface area contributed by atoms with Gasteiger partial charge in [-0.3, -0.25) is 0 Å². The second-order valence-corrected chi connectivity index (χ2v) is 7.15. The van der Waals surface area contributed by atoms with Gasteiger partial charge in [0.05, 0.1) is 23.9 Å². The van der Waals surface area contributed by atoms with E-state index >= 15 is 0 Å². The van der Waals surface area contributed by atoms with E-state index in [0.29, 0.717) is 24.4 Å². The molecule has 3 aliphatic heterocycles. The van der Waals surface area contributed by atoms with Crippen molar-refractivity contribution in [1.29, 1.82) is 0 Å². The van der Waals surface area contributed by atoms with Gasteiger partial charge in [-0.2, -0.15) is 0 Å². The van der Waals surface area contributed by atoms with E-state index in [0.717, 1.165) is 6.54 Å². The molecule has 3 saturated heterocycles. The molecule has 0 aromatic rings. The van der Waals surface area contributed by atoms with Crippen LogP contribution in [0.3, 0.4) is 0 Å². The largest absolute Gasteiger partial charge is 0.373 e. The van der Waals surface area contributed by atoms with E-state index in [4.69, 9.17) is 9.47 Å². The Hall–Kier alpha value is -0.120. The van der Waals surface area contributed by atoms with Gasteiger partial charge in [-0.05, 0) is 44.9 Å². The molecular formula is C16H27NO2. The Morgan fingerprint density at radius 3 is 2.63 bits per heavy atom. The summed E-state index contributed by atoms with van der Waals surface area (Å²) in [7, 11) is 0. The molecule has 0 amide bonds. The Kier molecular flexibility index (Phi) is 3.33. The molecule has 1 spiro atoms. The highest BCUT2D eigenvalue weighted by molar-refractivity contribution is 4.96. The summed E-state index contributed by atoms with van der Waals surface area (Å²) in [5.41, 5.74) is 0.274. The predicted molar refractivity (Wildman–Crippen MR) is 74.2 cm³/mol. The number of rotatable bonds is 3. The van der Waals surface area contributed by atoms with Crippen LogP contribution in [-0.2, 0) is 9.47 Å². The first-order chi connectivity index (χ1) is 9.33. The Balaban J connectivity index is 1.26. The topological polar surface area (TPSA) is 30.5 Å². The lowest BCUT2D eigenvalue weighted by molar-refractivity contribution is -0.0633. The molecule has 1 N–H and O–H groups in total. The Morgan fingerprint density at radius 1 is 1.00 bits per heavy atom. The van der Waals surface area contributed by atoms with Crippen LogP contribution >= 0.6 is 0 Å². The van der Waals surface area contributed by atoms with Gasteiger partial charge < -0.3 is 14.8 Å². The van der Waals surface area contributed by atoms with Gasteiger partial charge in [0.25, 0.3) is 0 Å². The van der Waals surface area contributed by atoms with Crippen molar-refractivity contribution in [3.63, 3.8) is 0 Å². The second kappa shape index (κ2) is 5.01. The van der Waals surface area contributed by atoms with E-state index in [1.165, 1.54) is 64.2 Å². The van der Waals surface area contributed by atoms with Crippen molar-refractivity contribution >= 4 is 0 Å². The number of ether oxygens (including phenoxy) is 2. The third-order valence-electron chi connectivity index (χ3n) is 5.82. The first-order valence-corrected chi connectivity index (χ1v) is 8.40. The average molecular weight is 265 g/mol. The van der Waals surface area contributed by atoms with E-state index < -0.39 is 0 Å². The fourth-order valence-electron chi connectivity index (χ4n) is 4.74. The Bertz CT molecular complexity index is 327. The first-order valence-electron chi connectivity index (χ1n) is 8.40. The minimum Gasteiger partial charge on any atom is -0.373 e. The molecule has 1 aliphatic carbocycles. The molecule has 4 aliphatic rings. The summed E-state index contributed by atoms with van der Waals surface area (Å²) in [6.07, 6.45) is 14.6. The van der Waals surface area contributed by atoms with E-state index in [1.807, 2.05) is 0 Å². The zero-order valence-electron chi connectivity index (χ0n) is 11.9. The van der Waals surface area contributed by atoms with Crippen LogP contribution in [0.5, 0.6) is 0 Å². The maximum absolute atomic E-state index is 6.43. The molecular weight excluding hydrogens is 238 g/mol. The van der Waals surface area contributed by atoms with Gasteiger partial charge in [0.1, 0.15) is 0 Å². The monoisotopic (exact) mass is 265 g/mol. The van der Waals surface area contributed by atoms with Crippen LogP contribution < -0.4 is 5.32 Å². The van der Waals surface area contributed by atoms with Gasteiger partial charge >= 0.3 is 0 Å². The molecule has 3 heteroatoms. The van der Waals surface area contributed by atoms with Crippen LogP contribution in [0.2, 0.25) is 0 Å². The molecule has 1 saturated carbocycles. The van der Waals surface area contributed by atoms with Gasteiger partial charge in [-0.15, -0.1) is 0 Å². The molecule has 2 bridgehead atoms. The highest BCUT2D eigenvalue weighted by Crippen LogP contribution is 2.42. The number of hydrogen-bond acceptors (Lipinski definition) is 3. The normalized spacial score (nSPS) is 44.2. The summed E-state index contributed by atoms with van der Waals surface area (Å²) in [6.45, 7) is 1.04. The molecule has 0 radical (unpaired) electrons. The minimum absolute atomic E-state index is 0.274. The highest BCUT2D eigenvalue weighted by Gasteiger charge is 2.43. The SMILES string of the molecule is C1CCC2(CC1)CCC(CNC1CC3CCC1O3)O2. The quantitative estimate of drug-likeness (QED) is 0.851. The standard InChI is InChI=1S/C16H27NO2/c1-2-7-16(8-3-1)9-6-13(19-16)11-17-14-10-12-4-5-15(14)18-12/h12-15,17H,1-11H2. The third kappa shape index (κ3) is 2.45. The summed E-state index contributed by atoms with van der Waals surface area (Å²) in [5, 5.41) is 3.73. The van der Waals surface area contributed by atoms with Crippen LogP contribution in [0.25, 0.3) is 0 Å². The van der Waals surface area contributed by atoms with Crippen LogP contribution in [0.15, 0.2) is 0 Å². The summed E-state index contributed by atoms with van der Waals surface area (Å²) >= 11 is 0. The summed E-state index contributed by atoms with van der Waals surface area (Å²) in [4.78, 5) is 0. The summed E-state index contributed by atoms with van der Waals surface area (Å²) in [5.74, 6) is 0. The average Bonchev–Trinajstić information content (AvgIpc) is 3.13. The van der Waals surface area contributed by atoms with Crippen LogP contribution in [-0.4, -0.2) is 36.5 Å². The number of nitrogens with one attached hydrogen (secondary N) is 1. The molecule has 0 aromatic heterocycles. The molecule has 4 unspecified atom stereocenters. The van der Waals surface area contributed by atoms with Gasteiger partial charge in [0, 0.05) is 12.6 Å². The predicted octanol–water partition coefficient (Wildman–Crippen LogP) is 2.78. The number of hydrogen-bond donors (Lipinski definition) is 1. The second-order valence-electron chi connectivity index (χ2n) is 7.15. The molecule has 108 valence electrons. The maximum Gasteiger partial charge on any atom is 0.0733 e. The lowest BCUT2D eigenvalue weighted by Crippen LogP contribution is -2.42. The van der Waals surface area contributed by atoms with Crippen molar-refractivity contribution in [2.24, 2.45) is 0 Å². The molecule has 3 nitrogen and oxygen atoms in total. The van der Waals surface area contributed by atoms with Crippen molar-refractivity contribution in [1.82, 2.24) is 5.32 Å². The molecule has 4 rings (SSSR count). The molecule has 4 fully saturated rings. The molecule has 19 heavy (non-hydrogen) atoms. The fourth-order valence-corrected chi connectivity index (χ4v) is 4.74. The zero-order chi connectivity index (χ0) is 12.7. The zero-order valence-corrected chi connectivity index (χ0v) is 11.9. The molecule has 0 aromatic carbocycles. The summed E-state index contributed by atoms with van der Waals surface area (Å²) in [6, 6.07) is 0.602.